The highest BCUT2D eigenvalue weighted by molar-refractivity contribution is 7.12. The Bertz CT molecular complexity index is 967. The van der Waals surface area contributed by atoms with Gasteiger partial charge in [-0.2, -0.15) is 5.10 Å². The number of nitrogens with zero attached hydrogens (tertiary/aromatic N) is 3. The molecule has 0 saturated carbocycles. The van der Waals surface area contributed by atoms with E-state index in [-0.39, 0.29) is 36.8 Å². The highest BCUT2D eigenvalue weighted by Crippen LogP contribution is 2.32. The van der Waals surface area contributed by atoms with E-state index < -0.39 is 0 Å². The summed E-state index contributed by atoms with van der Waals surface area (Å²) in [7, 11) is 0. The molecule has 29 heavy (non-hydrogen) atoms. The second-order valence-corrected chi connectivity index (χ2v) is 8.37. The number of thiophene rings is 1. The minimum atomic E-state index is -0.0885. The molecule has 3 rings (SSSR count). The van der Waals surface area contributed by atoms with Gasteiger partial charge in [0.15, 0.2) is 5.65 Å². The van der Waals surface area contributed by atoms with E-state index in [0.29, 0.717) is 12.1 Å². The number of carbonyl (C=O) groups excluding carboxylic acids is 1. The van der Waals surface area contributed by atoms with Crippen molar-refractivity contribution in [2.45, 2.75) is 40.7 Å². The lowest BCUT2D eigenvalue weighted by Gasteiger charge is -2.11. The average molecular weight is 458 g/mol. The maximum Gasteiger partial charge on any atom is 0.252 e. The van der Waals surface area contributed by atoms with Gasteiger partial charge in [-0.3, -0.25) is 4.79 Å². The monoisotopic (exact) mass is 457 g/mol. The fraction of sp³-hybridized carbons (Fsp3) is 0.450. The molecule has 0 aliphatic carbocycles. The zero-order valence-electron chi connectivity index (χ0n) is 17.4. The van der Waals surface area contributed by atoms with Crippen molar-refractivity contribution in [3.63, 3.8) is 0 Å². The number of likely N-dealkylation sites (N-methyl/N-ethyl adjacent to an activating group) is 1. The van der Waals surface area contributed by atoms with Crippen LogP contribution in [0.5, 0.6) is 0 Å². The highest BCUT2D eigenvalue weighted by atomic mass is 35.5. The molecule has 6 nitrogen and oxygen atoms in total. The summed E-state index contributed by atoms with van der Waals surface area (Å²) in [5.41, 5.74) is 3.28. The first kappa shape index (κ1) is 25.4. The fourth-order valence-corrected chi connectivity index (χ4v) is 4.08. The molecule has 0 radical (unpaired) electrons. The van der Waals surface area contributed by atoms with Gasteiger partial charge < -0.3 is 10.6 Å². The van der Waals surface area contributed by atoms with Crippen molar-refractivity contribution in [1.82, 2.24) is 25.4 Å². The molecule has 2 N–H and O–H groups in total. The second kappa shape index (κ2) is 10.9. The number of fused-ring (bicyclic) bond motifs is 1. The molecule has 0 atom stereocenters. The number of carbonyl (C=O) groups is 1. The van der Waals surface area contributed by atoms with Crippen LogP contribution in [0.25, 0.3) is 22.3 Å². The van der Waals surface area contributed by atoms with Crippen LogP contribution >= 0.6 is 36.2 Å². The van der Waals surface area contributed by atoms with E-state index in [2.05, 4.69) is 49.5 Å². The summed E-state index contributed by atoms with van der Waals surface area (Å²) in [5.74, 6) is -0.0885. The van der Waals surface area contributed by atoms with E-state index in [1.54, 1.807) is 17.5 Å². The van der Waals surface area contributed by atoms with Crippen molar-refractivity contribution in [1.29, 1.82) is 0 Å². The summed E-state index contributed by atoms with van der Waals surface area (Å²) in [6.07, 6.45) is 1.75. The van der Waals surface area contributed by atoms with Gasteiger partial charge in [0.05, 0.1) is 22.8 Å². The number of pyridine rings is 1. The van der Waals surface area contributed by atoms with Gasteiger partial charge in [-0.15, -0.1) is 36.2 Å². The molecule has 3 aromatic heterocycles. The summed E-state index contributed by atoms with van der Waals surface area (Å²) < 4.78 is 1.88. The predicted octanol–water partition coefficient (Wildman–Crippen LogP) is 4.54. The summed E-state index contributed by atoms with van der Waals surface area (Å²) in [6.45, 7) is 12.6. The lowest BCUT2D eigenvalue weighted by atomic mass is 10.1. The van der Waals surface area contributed by atoms with Crippen LogP contribution < -0.4 is 10.6 Å². The van der Waals surface area contributed by atoms with Gasteiger partial charge in [0, 0.05) is 34.4 Å². The van der Waals surface area contributed by atoms with Gasteiger partial charge >= 0.3 is 0 Å². The van der Waals surface area contributed by atoms with Crippen LogP contribution in [0.4, 0.5) is 0 Å². The number of halogens is 2. The lowest BCUT2D eigenvalue weighted by molar-refractivity contribution is 0.0955. The standard InChI is InChI=1S/C20H27N5OS.2ClH/c1-6-21-7-8-22-20(26)16-10-18(15-9-13(4)27-14(15)5)24-19-17(16)11-23-25(19)12(2)3;;/h9-12,21H,6-8H2,1-5H3,(H,22,26);2*1H. The summed E-state index contributed by atoms with van der Waals surface area (Å²) >= 11 is 1.74. The van der Waals surface area contributed by atoms with E-state index in [9.17, 15) is 4.79 Å². The molecule has 0 spiro atoms. The molecule has 0 unspecified atom stereocenters. The van der Waals surface area contributed by atoms with Crippen molar-refractivity contribution < 1.29 is 4.79 Å². The van der Waals surface area contributed by atoms with Gasteiger partial charge in [-0.25, -0.2) is 9.67 Å². The van der Waals surface area contributed by atoms with Gasteiger partial charge in [0.2, 0.25) is 0 Å². The summed E-state index contributed by atoms with van der Waals surface area (Å²) in [5, 5.41) is 11.5. The maximum absolute atomic E-state index is 12.9. The van der Waals surface area contributed by atoms with Crippen molar-refractivity contribution in [3.05, 3.63) is 33.6 Å². The molecule has 0 saturated heterocycles. The number of hydrogen-bond donors (Lipinski definition) is 2. The maximum atomic E-state index is 12.9. The number of amides is 1. The molecule has 9 heteroatoms. The van der Waals surface area contributed by atoms with Crippen LogP contribution in [0.1, 0.15) is 46.9 Å². The third-order valence-corrected chi connectivity index (χ3v) is 5.42. The molecule has 0 bridgehead atoms. The first-order chi connectivity index (χ1) is 12.9. The van der Waals surface area contributed by atoms with Crippen LogP contribution in [0.15, 0.2) is 18.3 Å². The molecule has 160 valence electrons. The third-order valence-electron chi connectivity index (χ3n) is 4.45. The molecule has 3 aromatic rings. The molecule has 3 heterocycles. The number of aryl methyl sites for hydroxylation is 2. The Hall–Kier alpha value is -1.67. The topological polar surface area (TPSA) is 71.8 Å². The third kappa shape index (κ3) is 5.48. The van der Waals surface area contributed by atoms with E-state index >= 15 is 0 Å². The van der Waals surface area contributed by atoms with E-state index in [0.717, 1.165) is 35.4 Å². The minimum Gasteiger partial charge on any atom is -0.351 e. The molecule has 0 aliphatic rings. The first-order valence-corrected chi connectivity index (χ1v) is 10.2. The average Bonchev–Trinajstić information content (AvgIpc) is 3.20. The van der Waals surface area contributed by atoms with Crippen LogP contribution in [0.3, 0.4) is 0 Å². The largest absolute Gasteiger partial charge is 0.351 e. The molecule has 0 aromatic carbocycles. The van der Waals surface area contributed by atoms with Crippen LogP contribution in [-0.2, 0) is 0 Å². The Morgan fingerprint density at radius 3 is 2.52 bits per heavy atom. The summed E-state index contributed by atoms with van der Waals surface area (Å²) in [4.78, 5) is 20.2. The van der Waals surface area contributed by atoms with E-state index in [4.69, 9.17) is 4.98 Å². The van der Waals surface area contributed by atoms with Crippen LogP contribution in [0.2, 0.25) is 0 Å². The summed E-state index contributed by atoms with van der Waals surface area (Å²) in [6, 6.07) is 4.20. The first-order valence-electron chi connectivity index (χ1n) is 9.37. The number of aromatic nitrogens is 3. The number of nitrogens with one attached hydrogen (secondary N) is 2. The lowest BCUT2D eigenvalue weighted by Crippen LogP contribution is -2.31. The molecular formula is C20H29Cl2N5OS. The molecule has 1 amide bonds. The smallest absolute Gasteiger partial charge is 0.252 e. The van der Waals surface area contributed by atoms with Crippen LogP contribution in [-0.4, -0.2) is 40.3 Å². The molecular weight excluding hydrogens is 429 g/mol. The molecule has 0 fully saturated rings. The Balaban J connectivity index is 0.00000210. The van der Waals surface area contributed by atoms with E-state index in [1.165, 1.54) is 9.75 Å². The zero-order chi connectivity index (χ0) is 19.6. The van der Waals surface area contributed by atoms with Gasteiger partial charge in [0.1, 0.15) is 0 Å². The van der Waals surface area contributed by atoms with Crippen LogP contribution in [0, 0.1) is 13.8 Å². The quantitative estimate of drug-likeness (QED) is 0.510. The van der Waals surface area contributed by atoms with E-state index in [1.807, 2.05) is 17.7 Å². The predicted molar refractivity (Wildman–Crippen MR) is 126 cm³/mol. The van der Waals surface area contributed by atoms with Crippen molar-refractivity contribution in [3.8, 4) is 11.3 Å². The molecule has 0 aliphatic heterocycles. The minimum absolute atomic E-state index is 0. The van der Waals surface area contributed by atoms with Crippen molar-refractivity contribution in [2.24, 2.45) is 0 Å². The fourth-order valence-electron chi connectivity index (χ4n) is 3.14. The van der Waals surface area contributed by atoms with Gasteiger partial charge in [-0.05, 0) is 46.4 Å². The number of hydrogen-bond acceptors (Lipinski definition) is 5. The number of rotatable bonds is 7. The Morgan fingerprint density at radius 2 is 1.93 bits per heavy atom. The SMILES string of the molecule is CCNCCNC(=O)c1cc(-c2cc(C)sc2C)nc2c1cnn2C(C)C.Cl.Cl. The van der Waals surface area contributed by atoms with Gasteiger partial charge in [0.25, 0.3) is 5.91 Å². The Kier molecular flexibility index (Phi) is 9.55. The van der Waals surface area contributed by atoms with Crippen molar-refractivity contribution in [2.75, 3.05) is 19.6 Å². The normalized spacial score (nSPS) is 10.7. The zero-order valence-corrected chi connectivity index (χ0v) is 19.9. The second-order valence-electron chi connectivity index (χ2n) is 6.91. The highest BCUT2D eigenvalue weighted by Gasteiger charge is 2.19. The Morgan fingerprint density at radius 1 is 1.21 bits per heavy atom. The van der Waals surface area contributed by atoms with Crippen molar-refractivity contribution >= 4 is 53.1 Å². The van der Waals surface area contributed by atoms with Gasteiger partial charge in [-0.1, -0.05) is 6.92 Å². The Labute approximate surface area is 188 Å².